The van der Waals surface area contributed by atoms with Gasteiger partial charge in [-0.25, -0.2) is 0 Å². The lowest BCUT2D eigenvalue weighted by molar-refractivity contribution is -0.115. The highest BCUT2D eigenvalue weighted by atomic mass is 35.5. The Labute approximate surface area is 197 Å². The molecule has 2 rings (SSSR count). The Morgan fingerprint density at radius 1 is 0.806 bits per heavy atom. The SMILES string of the molecule is C/C=C1\CCCCCCCCCCC1=O.C=CC1(O)CCCCCCCCCCC1Cl. The molecule has 180 valence electrons. The van der Waals surface area contributed by atoms with E-state index in [0.29, 0.717) is 5.78 Å². The summed E-state index contributed by atoms with van der Waals surface area (Å²) in [6.07, 6.45) is 27.3. The summed E-state index contributed by atoms with van der Waals surface area (Å²) < 4.78 is 0. The average molecular weight is 453 g/mol. The molecule has 2 fully saturated rings. The van der Waals surface area contributed by atoms with Gasteiger partial charge in [-0.15, -0.1) is 18.2 Å². The van der Waals surface area contributed by atoms with Crippen LogP contribution in [-0.2, 0) is 4.79 Å². The van der Waals surface area contributed by atoms with Gasteiger partial charge in [0.25, 0.3) is 0 Å². The molecule has 2 unspecified atom stereocenters. The van der Waals surface area contributed by atoms with E-state index in [1.165, 1.54) is 83.5 Å². The third-order valence-corrected chi connectivity index (χ3v) is 7.58. The van der Waals surface area contributed by atoms with Crippen molar-refractivity contribution in [1.82, 2.24) is 0 Å². The summed E-state index contributed by atoms with van der Waals surface area (Å²) >= 11 is 6.30. The van der Waals surface area contributed by atoms with Gasteiger partial charge < -0.3 is 5.11 Å². The molecule has 0 aliphatic heterocycles. The second-order valence-corrected chi connectivity index (χ2v) is 10.1. The number of hydrogen-bond acceptors (Lipinski definition) is 2. The quantitative estimate of drug-likeness (QED) is 0.245. The van der Waals surface area contributed by atoms with Gasteiger partial charge in [-0.3, -0.25) is 4.79 Å². The fourth-order valence-corrected chi connectivity index (χ4v) is 5.05. The molecule has 0 amide bonds. The monoisotopic (exact) mass is 452 g/mol. The number of allylic oxidation sites excluding steroid dienone is 2. The van der Waals surface area contributed by atoms with Crippen LogP contribution in [0, 0.1) is 0 Å². The molecule has 0 saturated heterocycles. The number of aliphatic hydroxyl groups is 1. The van der Waals surface area contributed by atoms with E-state index >= 15 is 0 Å². The van der Waals surface area contributed by atoms with Crippen LogP contribution in [-0.4, -0.2) is 21.9 Å². The summed E-state index contributed by atoms with van der Waals surface area (Å²) in [7, 11) is 0. The van der Waals surface area contributed by atoms with Crippen LogP contribution in [0.2, 0.25) is 0 Å². The molecule has 31 heavy (non-hydrogen) atoms. The second-order valence-electron chi connectivity index (χ2n) is 9.60. The first-order valence-electron chi connectivity index (χ1n) is 13.2. The van der Waals surface area contributed by atoms with E-state index in [2.05, 4.69) is 6.58 Å². The molecular weight excluding hydrogens is 404 g/mol. The van der Waals surface area contributed by atoms with E-state index in [0.717, 1.165) is 50.5 Å². The predicted molar refractivity (Wildman–Crippen MR) is 136 cm³/mol. The van der Waals surface area contributed by atoms with Gasteiger partial charge in [0, 0.05) is 6.42 Å². The summed E-state index contributed by atoms with van der Waals surface area (Å²) in [5.41, 5.74) is 0.233. The van der Waals surface area contributed by atoms with Crippen molar-refractivity contribution in [2.45, 2.75) is 146 Å². The second kappa shape index (κ2) is 17.9. The highest BCUT2D eigenvalue weighted by molar-refractivity contribution is 6.21. The molecule has 2 aliphatic rings. The molecule has 2 aliphatic carbocycles. The fourth-order valence-electron chi connectivity index (χ4n) is 4.70. The van der Waals surface area contributed by atoms with Crippen LogP contribution in [0.5, 0.6) is 0 Å². The van der Waals surface area contributed by atoms with Crippen molar-refractivity contribution < 1.29 is 9.90 Å². The number of rotatable bonds is 1. The van der Waals surface area contributed by atoms with Crippen LogP contribution in [0.1, 0.15) is 135 Å². The van der Waals surface area contributed by atoms with Gasteiger partial charge in [-0.1, -0.05) is 102 Å². The molecule has 2 nitrogen and oxygen atoms in total. The fraction of sp³-hybridized carbons (Fsp3) is 0.821. The highest BCUT2D eigenvalue weighted by Crippen LogP contribution is 2.29. The van der Waals surface area contributed by atoms with Crippen LogP contribution < -0.4 is 0 Å². The maximum absolute atomic E-state index is 11.8. The number of halogens is 1. The van der Waals surface area contributed by atoms with Gasteiger partial charge in [0.2, 0.25) is 0 Å². The third kappa shape index (κ3) is 12.9. The van der Waals surface area contributed by atoms with Gasteiger partial charge in [-0.2, -0.15) is 0 Å². The van der Waals surface area contributed by atoms with E-state index in [4.69, 9.17) is 11.6 Å². The Morgan fingerprint density at radius 3 is 1.77 bits per heavy atom. The average Bonchev–Trinajstić information content (AvgIpc) is 2.76. The zero-order valence-electron chi connectivity index (χ0n) is 20.3. The Balaban J connectivity index is 0.000000311. The van der Waals surface area contributed by atoms with Crippen molar-refractivity contribution in [3.8, 4) is 0 Å². The van der Waals surface area contributed by atoms with Crippen molar-refractivity contribution in [2.75, 3.05) is 0 Å². The number of ketones is 1. The molecule has 0 heterocycles. The van der Waals surface area contributed by atoms with Crippen molar-refractivity contribution in [3.05, 3.63) is 24.3 Å². The minimum Gasteiger partial charge on any atom is -0.384 e. The molecule has 0 radical (unpaired) electrons. The van der Waals surface area contributed by atoms with Crippen LogP contribution in [0.4, 0.5) is 0 Å². The lowest BCUT2D eigenvalue weighted by Gasteiger charge is -2.30. The van der Waals surface area contributed by atoms with Crippen molar-refractivity contribution in [1.29, 1.82) is 0 Å². The van der Waals surface area contributed by atoms with Crippen LogP contribution in [0.15, 0.2) is 24.3 Å². The van der Waals surface area contributed by atoms with Crippen LogP contribution >= 0.6 is 11.6 Å². The Bertz CT molecular complexity index is 513. The number of hydrogen-bond donors (Lipinski definition) is 1. The first-order chi connectivity index (χ1) is 15.0. The van der Waals surface area contributed by atoms with E-state index < -0.39 is 5.60 Å². The highest BCUT2D eigenvalue weighted by Gasteiger charge is 2.31. The zero-order valence-corrected chi connectivity index (χ0v) is 21.1. The van der Waals surface area contributed by atoms with Crippen LogP contribution in [0.3, 0.4) is 0 Å². The van der Waals surface area contributed by atoms with E-state index in [-0.39, 0.29) is 5.38 Å². The normalized spacial score (nSPS) is 29.8. The Kier molecular flexibility index (Phi) is 16.4. The summed E-state index contributed by atoms with van der Waals surface area (Å²) in [6.45, 7) is 5.74. The molecule has 0 aromatic carbocycles. The molecule has 2 atom stereocenters. The maximum Gasteiger partial charge on any atom is 0.158 e. The van der Waals surface area contributed by atoms with Crippen molar-refractivity contribution in [3.63, 3.8) is 0 Å². The molecule has 3 heteroatoms. The number of carbonyl (C=O) groups is 1. The van der Waals surface area contributed by atoms with Gasteiger partial charge >= 0.3 is 0 Å². The van der Waals surface area contributed by atoms with Gasteiger partial charge in [-0.05, 0) is 44.6 Å². The summed E-state index contributed by atoms with van der Waals surface area (Å²) in [4.78, 5) is 11.8. The molecule has 1 N–H and O–H groups in total. The summed E-state index contributed by atoms with van der Waals surface area (Å²) in [6, 6.07) is 0. The van der Waals surface area contributed by atoms with E-state index in [1.807, 2.05) is 13.0 Å². The molecule has 0 aromatic rings. The molecule has 2 saturated carbocycles. The maximum atomic E-state index is 11.8. The van der Waals surface area contributed by atoms with Crippen molar-refractivity contribution >= 4 is 17.4 Å². The number of alkyl halides is 1. The lowest BCUT2D eigenvalue weighted by atomic mass is 9.88. The molecule has 0 aromatic heterocycles. The van der Waals surface area contributed by atoms with E-state index in [9.17, 15) is 9.90 Å². The standard InChI is InChI=1S/C14H25ClO.C14H24O/c1-2-14(16)12-10-8-6-4-3-5-7-9-11-13(14)15;1-2-13-11-9-7-5-3-4-6-8-10-12-14(13)15/h2,13,16H,1,3-12H2;2H,3-12H2,1H3/b;13-2+. The van der Waals surface area contributed by atoms with E-state index in [1.54, 1.807) is 6.08 Å². The minimum atomic E-state index is -0.846. The number of carbonyl (C=O) groups excluding carboxylic acids is 1. The first-order valence-corrected chi connectivity index (χ1v) is 13.7. The molecule has 0 bridgehead atoms. The molecular formula is C28H49ClO2. The Hall–Kier alpha value is -0.600. The van der Waals surface area contributed by atoms with Gasteiger partial charge in [0.05, 0.1) is 11.0 Å². The summed E-state index contributed by atoms with van der Waals surface area (Å²) in [5.74, 6) is 0.401. The van der Waals surface area contributed by atoms with Crippen LogP contribution in [0.25, 0.3) is 0 Å². The first kappa shape index (κ1) is 28.4. The smallest absolute Gasteiger partial charge is 0.158 e. The van der Waals surface area contributed by atoms with Gasteiger partial charge in [0.15, 0.2) is 5.78 Å². The minimum absolute atomic E-state index is 0.163. The zero-order chi connectivity index (χ0) is 22.8. The van der Waals surface area contributed by atoms with Gasteiger partial charge in [0.1, 0.15) is 0 Å². The number of Topliss-reactive ketones (excluding diaryl/α,β-unsaturated/α-hetero) is 1. The largest absolute Gasteiger partial charge is 0.384 e. The predicted octanol–water partition coefficient (Wildman–Crippen LogP) is 8.84. The third-order valence-electron chi connectivity index (χ3n) is 6.99. The topological polar surface area (TPSA) is 37.3 Å². The molecule has 0 spiro atoms. The Morgan fingerprint density at radius 2 is 1.26 bits per heavy atom. The lowest BCUT2D eigenvalue weighted by Crippen LogP contribution is -2.36. The summed E-state index contributed by atoms with van der Waals surface area (Å²) in [5, 5.41) is 10.2. The van der Waals surface area contributed by atoms with Crippen molar-refractivity contribution in [2.24, 2.45) is 0 Å².